The Bertz CT molecular complexity index is 489. The molecule has 2 aromatic heterocycles. The minimum absolute atomic E-state index is 0.0525. The van der Waals surface area contributed by atoms with Crippen molar-refractivity contribution in [3.05, 3.63) is 29.4 Å². The number of thiophene rings is 1. The molecule has 3 heteroatoms. The molecule has 0 aliphatic carbocycles. The highest BCUT2D eigenvalue weighted by atomic mass is 32.1. The van der Waals surface area contributed by atoms with Crippen molar-refractivity contribution in [1.82, 2.24) is 4.98 Å². The molecule has 0 aromatic carbocycles. The van der Waals surface area contributed by atoms with Crippen LogP contribution in [0.25, 0.3) is 10.1 Å². The molecule has 0 fully saturated rings. The van der Waals surface area contributed by atoms with Crippen LogP contribution < -0.4 is 0 Å². The number of aromatic nitrogens is 1. The van der Waals surface area contributed by atoms with E-state index in [1.165, 1.54) is 4.70 Å². The number of Topliss-reactive ketones (excluding diaryl/α,β-unsaturated/α-hetero) is 1. The topological polar surface area (TPSA) is 30.0 Å². The number of rotatable bonds is 3. The van der Waals surface area contributed by atoms with Crippen molar-refractivity contribution in [3.63, 3.8) is 0 Å². The predicted molar refractivity (Wildman–Crippen MR) is 63.3 cm³/mol. The Hall–Kier alpha value is -1.22. The molecule has 0 saturated carbocycles. The highest BCUT2D eigenvalue weighted by Gasteiger charge is 2.18. The van der Waals surface area contributed by atoms with E-state index in [0.29, 0.717) is 0 Å². The molecule has 0 saturated heterocycles. The Kier molecular flexibility index (Phi) is 2.82. The van der Waals surface area contributed by atoms with Crippen molar-refractivity contribution < 1.29 is 4.79 Å². The van der Waals surface area contributed by atoms with Crippen molar-refractivity contribution in [2.45, 2.75) is 26.2 Å². The first-order chi connectivity index (χ1) is 7.24. The summed E-state index contributed by atoms with van der Waals surface area (Å²) in [6.45, 7) is 3.67. The normalized spacial score (nSPS) is 12.9. The lowest BCUT2D eigenvalue weighted by Crippen LogP contribution is -2.09. The number of carbonyl (C=O) groups is 1. The van der Waals surface area contributed by atoms with Gasteiger partial charge in [0.05, 0.1) is 11.6 Å². The van der Waals surface area contributed by atoms with Crippen LogP contribution in [0.3, 0.4) is 0 Å². The largest absolute Gasteiger partial charge is 0.299 e. The zero-order chi connectivity index (χ0) is 10.8. The molecule has 0 amide bonds. The highest BCUT2D eigenvalue weighted by Crippen LogP contribution is 2.29. The molecule has 0 aliphatic heterocycles. The molecule has 15 heavy (non-hydrogen) atoms. The maximum absolute atomic E-state index is 11.5. The molecule has 2 nitrogen and oxygen atoms in total. The summed E-state index contributed by atoms with van der Waals surface area (Å²) in [5.41, 5.74) is 0.934. The van der Waals surface area contributed by atoms with Gasteiger partial charge in [0.2, 0.25) is 0 Å². The quantitative estimate of drug-likeness (QED) is 0.792. The SMILES string of the molecule is CCC(C(C)=O)c1nccc2sccc12. The zero-order valence-corrected chi connectivity index (χ0v) is 9.67. The number of pyridine rings is 1. The third-order valence-electron chi connectivity index (χ3n) is 2.64. The van der Waals surface area contributed by atoms with E-state index in [-0.39, 0.29) is 11.7 Å². The van der Waals surface area contributed by atoms with Gasteiger partial charge < -0.3 is 0 Å². The molecular weight excluding hydrogens is 206 g/mol. The molecule has 0 aliphatic rings. The zero-order valence-electron chi connectivity index (χ0n) is 8.86. The summed E-state index contributed by atoms with van der Waals surface area (Å²) >= 11 is 1.69. The summed E-state index contributed by atoms with van der Waals surface area (Å²) in [6.07, 6.45) is 2.61. The monoisotopic (exact) mass is 219 g/mol. The minimum Gasteiger partial charge on any atom is -0.299 e. The standard InChI is InChI=1S/C12H13NOS/c1-3-9(8(2)14)12-10-5-7-15-11(10)4-6-13-12/h4-7,9H,3H2,1-2H3. The lowest BCUT2D eigenvalue weighted by atomic mass is 9.95. The summed E-state index contributed by atoms with van der Waals surface area (Å²) in [4.78, 5) is 15.9. The fraction of sp³-hybridized carbons (Fsp3) is 0.333. The van der Waals surface area contributed by atoms with Gasteiger partial charge in [-0.3, -0.25) is 9.78 Å². The number of nitrogens with zero attached hydrogens (tertiary/aromatic N) is 1. The molecule has 2 heterocycles. The third kappa shape index (κ3) is 1.79. The lowest BCUT2D eigenvalue weighted by Gasteiger charge is -2.11. The van der Waals surface area contributed by atoms with Gasteiger partial charge in [0, 0.05) is 16.3 Å². The van der Waals surface area contributed by atoms with Gasteiger partial charge >= 0.3 is 0 Å². The van der Waals surface area contributed by atoms with Crippen molar-refractivity contribution in [2.24, 2.45) is 0 Å². The molecule has 0 N–H and O–H groups in total. The Morgan fingerprint density at radius 1 is 1.53 bits per heavy atom. The van der Waals surface area contributed by atoms with Crippen LogP contribution in [-0.2, 0) is 4.79 Å². The number of hydrogen-bond donors (Lipinski definition) is 0. The van der Waals surface area contributed by atoms with Gasteiger partial charge in [-0.15, -0.1) is 11.3 Å². The van der Waals surface area contributed by atoms with E-state index >= 15 is 0 Å². The average Bonchev–Trinajstić information content (AvgIpc) is 2.66. The summed E-state index contributed by atoms with van der Waals surface area (Å²) in [5, 5.41) is 3.17. The van der Waals surface area contributed by atoms with Crippen molar-refractivity contribution in [2.75, 3.05) is 0 Å². The van der Waals surface area contributed by atoms with Crippen molar-refractivity contribution >= 4 is 27.2 Å². The van der Waals surface area contributed by atoms with Gasteiger partial charge in [0.1, 0.15) is 5.78 Å². The molecule has 78 valence electrons. The number of hydrogen-bond acceptors (Lipinski definition) is 3. The van der Waals surface area contributed by atoms with Crippen LogP contribution in [-0.4, -0.2) is 10.8 Å². The van der Waals surface area contributed by atoms with Gasteiger partial charge in [0.25, 0.3) is 0 Å². The van der Waals surface area contributed by atoms with Gasteiger partial charge in [-0.05, 0) is 30.9 Å². The first-order valence-electron chi connectivity index (χ1n) is 5.06. The van der Waals surface area contributed by atoms with Gasteiger partial charge in [-0.1, -0.05) is 6.92 Å². The minimum atomic E-state index is -0.0525. The summed E-state index contributed by atoms with van der Waals surface area (Å²) in [6, 6.07) is 4.05. The van der Waals surface area contributed by atoms with E-state index in [2.05, 4.69) is 4.98 Å². The Morgan fingerprint density at radius 2 is 2.33 bits per heavy atom. The molecule has 0 radical (unpaired) electrons. The highest BCUT2D eigenvalue weighted by molar-refractivity contribution is 7.17. The lowest BCUT2D eigenvalue weighted by molar-refractivity contribution is -0.118. The van der Waals surface area contributed by atoms with E-state index in [4.69, 9.17) is 0 Å². The molecular formula is C12H13NOS. The van der Waals surface area contributed by atoms with E-state index in [0.717, 1.165) is 17.5 Å². The third-order valence-corrected chi connectivity index (χ3v) is 3.52. The second-order valence-corrected chi connectivity index (χ2v) is 4.55. The van der Waals surface area contributed by atoms with Crippen LogP contribution in [0, 0.1) is 0 Å². The first kappa shape index (κ1) is 10.3. The fourth-order valence-electron chi connectivity index (χ4n) is 1.87. The van der Waals surface area contributed by atoms with Crippen molar-refractivity contribution in [3.8, 4) is 0 Å². The van der Waals surface area contributed by atoms with Crippen LogP contribution in [0.1, 0.15) is 31.9 Å². The summed E-state index contributed by atoms with van der Waals surface area (Å²) < 4.78 is 1.21. The summed E-state index contributed by atoms with van der Waals surface area (Å²) in [5.74, 6) is 0.145. The molecule has 0 bridgehead atoms. The van der Waals surface area contributed by atoms with E-state index in [1.54, 1.807) is 24.5 Å². The number of ketones is 1. The molecule has 1 atom stereocenters. The van der Waals surface area contributed by atoms with Gasteiger partial charge in [-0.2, -0.15) is 0 Å². The Labute approximate surface area is 93.0 Å². The average molecular weight is 219 g/mol. The summed E-state index contributed by atoms with van der Waals surface area (Å²) in [7, 11) is 0. The van der Waals surface area contributed by atoms with Crippen LogP contribution in [0.5, 0.6) is 0 Å². The second-order valence-electron chi connectivity index (χ2n) is 3.60. The Morgan fingerprint density at radius 3 is 3.00 bits per heavy atom. The predicted octanol–water partition coefficient (Wildman–Crippen LogP) is 3.38. The number of carbonyl (C=O) groups excluding carboxylic acids is 1. The molecule has 2 rings (SSSR count). The van der Waals surface area contributed by atoms with E-state index in [9.17, 15) is 4.79 Å². The fourth-order valence-corrected chi connectivity index (χ4v) is 2.66. The maximum Gasteiger partial charge on any atom is 0.138 e. The van der Waals surface area contributed by atoms with Crippen LogP contribution in [0.15, 0.2) is 23.7 Å². The maximum atomic E-state index is 11.5. The first-order valence-corrected chi connectivity index (χ1v) is 5.94. The van der Waals surface area contributed by atoms with Crippen molar-refractivity contribution in [1.29, 1.82) is 0 Å². The smallest absolute Gasteiger partial charge is 0.138 e. The second kappa shape index (κ2) is 4.11. The van der Waals surface area contributed by atoms with Crippen LogP contribution in [0.4, 0.5) is 0 Å². The molecule has 2 aromatic rings. The van der Waals surface area contributed by atoms with E-state index < -0.39 is 0 Å². The van der Waals surface area contributed by atoms with E-state index in [1.807, 2.05) is 24.4 Å². The Balaban J connectivity index is 2.59. The molecule has 1 unspecified atom stereocenters. The number of fused-ring (bicyclic) bond motifs is 1. The van der Waals surface area contributed by atoms with Crippen LogP contribution in [0.2, 0.25) is 0 Å². The van der Waals surface area contributed by atoms with Gasteiger partial charge in [-0.25, -0.2) is 0 Å². The molecule has 0 spiro atoms. The van der Waals surface area contributed by atoms with Crippen LogP contribution >= 0.6 is 11.3 Å². The van der Waals surface area contributed by atoms with Gasteiger partial charge in [0.15, 0.2) is 0 Å².